The highest BCUT2D eigenvalue weighted by molar-refractivity contribution is 5.82. The third-order valence-corrected chi connectivity index (χ3v) is 4.71. The van der Waals surface area contributed by atoms with E-state index in [1.54, 1.807) is 0 Å². The van der Waals surface area contributed by atoms with Gasteiger partial charge in [-0.25, -0.2) is 4.98 Å². The smallest absolute Gasteiger partial charge is 0.237 e. The van der Waals surface area contributed by atoms with Crippen LogP contribution >= 0.6 is 0 Å². The largest absolute Gasteiger partial charge is 0.350 e. The third-order valence-electron chi connectivity index (χ3n) is 4.71. The number of carbonyl (C=O) groups is 1. The summed E-state index contributed by atoms with van der Waals surface area (Å²) in [5, 5.41) is 3.28. The maximum absolute atomic E-state index is 12.6. The zero-order chi connectivity index (χ0) is 14.7. The minimum Gasteiger partial charge on any atom is -0.350 e. The molecular formula is C16H26N4O. The summed E-state index contributed by atoms with van der Waals surface area (Å²) in [6.07, 6.45) is 10.4. The Bertz CT molecular complexity index is 482. The molecule has 3 heterocycles. The highest BCUT2D eigenvalue weighted by Gasteiger charge is 2.30. The van der Waals surface area contributed by atoms with Crippen molar-refractivity contribution in [1.82, 2.24) is 19.8 Å². The lowest BCUT2D eigenvalue weighted by atomic mass is 10.00. The van der Waals surface area contributed by atoms with Crippen molar-refractivity contribution in [3.63, 3.8) is 0 Å². The lowest BCUT2D eigenvalue weighted by molar-refractivity contribution is -0.128. The van der Waals surface area contributed by atoms with Gasteiger partial charge < -0.3 is 9.88 Å². The summed E-state index contributed by atoms with van der Waals surface area (Å²) in [7, 11) is 0. The number of aryl methyl sites for hydroxylation is 1. The molecule has 21 heavy (non-hydrogen) atoms. The molecule has 3 rings (SSSR count). The Labute approximate surface area is 126 Å². The summed E-state index contributed by atoms with van der Waals surface area (Å²) in [4.78, 5) is 19.3. The summed E-state index contributed by atoms with van der Waals surface area (Å²) >= 11 is 0. The quantitative estimate of drug-likeness (QED) is 0.916. The van der Waals surface area contributed by atoms with Crippen LogP contribution in [0.1, 0.15) is 44.9 Å². The highest BCUT2D eigenvalue weighted by Crippen LogP contribution is 2.19. The van der Waals surface area contributed by atoms with Crippen LogP contribution < -0.4 is 5.32 Å². The van der Waals surface area contributed by atoms with Crippen LogP contribution in [-0.4, -0.2) is 45.5 Å². The summed E-state index contributed by atoms with van der Waals surface area (Å²) in [6, 6.07) is 0.340. The number of amides is 1. The second-order valence-electron chi connectivity index (χ2n) is 6.29. The first-order valence-corrected chi connectivity index (χ1v) is 8.32. The van der Waals surface area contributed by atoms with Gasteiger partial charge in [0.1, 0.15) is 5.82 Å². The van der Waals surface area contributed by atoms with E-state index < -0.39 is 0 Å². The minimum atomic E-state index is 0.0860. The van der Waals surface area contributed by atoms with E-state index in [2.05, 4.69) is 26.7 Å². The van der Waals surface area contributed by atoms with E-state index in [-0.39, 0.29) is 18.0 Å². The monoisotopic (exact) mass is 290 g/mol. The maximum Gasteiger partial charge on any atom is 0.237 e. The molecule has 1 aromatic heterocycles. The van der Waals surface area contributed by atoms with E-state index in [9.17, 15) is 4.79 Å². The third kappa shape index (κ3) is 3.28. The molecule has 1 saturated heterocycles. The minimum absolute atomic E-state index is 0.0860. The fourth-order valence-corrected chi connectivity index (χ4v) is 3.62. The topological polar surface area (TPSA) is 50.2 Å². The van der Waals surface area contributed by atoms with Gasteiger partial charge in [-0.3, -0.25) is 9.69 Å². The van der Waals surface area contributed by atoms with Crippen LogP contribution in [0.3, 0.4) is 0 Å². The summed E-state index contributed by atoms with van der Waals surface area (Å²) in [6.45, 7) is 5.16. The number of nitrogens with one attached hydrogen (secondary N) is 1. The van der Waals surface area contributed by atoms with Crippen LogP contribution in [0.4, 0.5) is 0 Å². The van der Waals surface area contributed by atoms with Crippen molar-refractivity contribution in [3.05, 3.63) is 18.2 Å². The van der Waals surface area contributed by atoms with Crippen LogP contribution in [0.2, 0.25) is 0 Å². The maximum atomic E-state index is 12.6. The van der Waals surface area contributed by atoms with E-state index in [4.69, 9.17) is 0 Å². The fraction of sp³-hybridized carbons (Fsp3) is 0.750. The van der Waals surface area contributed by atoms with Crippen molar-refractivity contribution < 1.29 is 4.79 Å². The first-order valence-electron chi connectivity index (χ1n) is 8.32. The van der Waals surface area contributed by atoms with Crippen LogP contribution in [0.5, 0.6) is 0 Å². The Kier molecular flexibility index (Phi) is 4.58. The predicted octanol–water partition coefficient (Wildman–Crippen LogP) is 1.58. The van der Waals surface area contributed by atoms with Gasteiger partial charge >= 0.3 is 0 Å². The van der Waals surface area contributed by atoms with Gasteiger partial charge in [-0.1, -0.05) is 13.3 Å². The molecule has 0 spiro atoms. The molecule has 2 atom stereocenters. The Balaban J connectivity index is 1.58. The van der Waals surface area contributed by atoms with Crippen LogP contribution in [-0.2, 0) is 17.8 Å². The molecule has 1 amide bonds. The Morgan fingerprint density at radius 1 is 1.43 bits per heavy atom. The number of hydrogen-bond donors (Lipinski definition) is 1. The first kappa shape index (κ1) is 14.6. The normalized spacial score (nSPS) is 26.3. The molecule has 1 N–H and O–H groups in total. The predicted molar refractivity (Wildman–Crippen MR) is 82.0 cm³/mol. The van der Waals surface area contributed by atoms with Gasteiger partial charge in [-0.15, -0.1) is 0 Å². The van der Waals surface area contributed by atoms with E-state index in [0.717, 1.165) is 51.1 Å². The van der Waals surface area contributed by atoms with Gasteiger partial charge in [0.15, 0.2) is 0 Å². The van der Waals surface area contributed by atoms with E-state index in [0.29, 0.717) is 0 Å². The van der Waals surface area contributed by atoms with Crippen molar-refractivity contribution in [2.45, 2.75) is 64.1 Å². The number of hydrogen-bond acceptors (Lipinski definition) is 3. The zero-order valence-electron chi connectivity index (χ0n) is 12.9. The average Bonchev–Trinajstić information content (AvgIpc) is 2.95. The van der Waals surface area contributed by atoms with Gasteiger partial charge in [0, 0.05) is 31.4 Å². The van der Waals surface area contributed by atoms with Crippen molar-refractivity contribution >= 4 is 5.91 Å². The molecule has 0 aromatic carbocycles. The molecule has 0 saturated carbocycles. The van der Waals surface area contributed by atoms with Gasteiger partial charge in [-0.05, 0) is 38.8 Å². The van der Waals surface area contributed by atoms with Gasteiger partial charge in [0.25, 0.3) is 0 Å². The number of piperidine rings is 1. The van der Waals surface area contributed by atoms with Crippen LogP contribution in [0.15, 0.2) is 12.4 Å². The van der Waals surface area contributed by atoms with Crippen molar-refractivity contribution in [1.29, 1.82) is 0 Å². The molecule has 0 unspecified atom stereocenters. The first-order chi connectivity index (χ1) is 10.3. The summed E-state index contributed by atoms with van der Waals surface area (Å²) < 4.78 is 2.17. The van der Waals surface area contributed by atoms with Crippen molar-refractivity contribution in [2.24, 2.45) is 0 Å². The van der Waals surface area contributed by atoms with Gasteiger partial charge in [0.05, 0.1) is 6.04 Å². The second kappa shape index (κ2) is 6.60. The number of fused-ring (bicyclic) bond motifs is 1. The van der Waals surface area contributed by atoms with E-state index in [1.165, 1.54) is 12.8 Å². The number of rotatable bonds is 4. The molecule has 0 bridgehead atoms. The Morgan fingerprint density at radius 3 is 3.19 bits per heavy atom. The summed E-state index contributed by atoms with van der Waals surface area (Å²) in [5.74, 6) is 1.38. The molecule has 2 aliphatic rings. The number of likely N-dealkylation sites (tertiary alicyclic amines) is 1. The van der Waals surface area contributed by atoms with Gasteiger partial charge in [0.2, 0.25) is 5.91 Å². The molecule has 2 aliphatic heterocycles. The van der Waals surface area contributed by atoms with E-state index >= 15 is 0 Å². The molecule has 5 heteroatoms. The van der Waals surface area contributed by atoms with Crippen molar-refractivity contribution in [3.8, 4) is 0 Å². The number of aromatic nitrogens is 2. The molecule has 116 valence electrons. The van der Waals surface area contributed by atoms with E-state index in [1.807, 2.05) is 12.4 Å². The highest BCUT2D eigenvalue weighted by atomic mass is 16.2. The lowest BCUT2D eigenvalue weighted by Gasteiger charge is -2.36. The average molecular weight is 290 g/mol. The Morgan fingerprint density at radius 2 is 2.33 bits per heavy atom. The fourth-order valence-electron chi connectivity index (χ4n) is 3.62. The van der Waals surface area contributed by atoms with Gasteiger partial charge in [-0.2, -0.15) is 0 Å². The van der Waals surface area contributed by atoms with Crippen LogP contribution in [0.25, 0.3) is 0 Å². The molecule has 0 radical (unpaired) electrons. The zero-order valence-corrected chi connectivity index (χ0v) is 12.9. The molecule has 1 fully saturated rings. The second-order valence-corrected chi connectivity index (χ2v) is 6.29. The standard InChI is InChI=1S/C16H26N4O/c1-2-9-19-10-4-3-5-14(19)16(21)18-13-6-7-15-17-8-11-20(15)12-13/h8,11,13-14H,2-7,9-10,12H2,1H3,(H,18,21)/t13-,14-/m0/s1. The molecule has 0 aliphatic carbocycles. The molecular weight excluding hydrogens is 264 g/mol. The SMILES string of the molecule is CCCN1CCCC[C@H]1C(=O)N[C@H]1CCc2nccn2C1. The summed E-state index contributed by atoms with van der Waals surface area (Å²) in [5.41, 5.74) is 0. The lowest BCUT2D eigenvalue weighted by Crippen LogP contribution is -2.53. The van der Waals surface area contributed by atoms with Crippen molar-refractivity contribution in [2.75, 3.05) is 13.1 Å². The molecule has 1 aromatic rings. The number of carbonyl (C=O) groups excluding carboxylic acids is 1. The Hall–Kier alpha value is -1.36. The number of nitrogens with zero attached hydrogens (tertiary/aromatic N) is 3. The molecule has 5 nitrogen and oxygen atoms in total. The number of imidazole rings is 1. The van der Waals surface area contributed by atoms with Crippen LogP contribution in [0, 0.1) is 0 Å².